The Hall–Kier alpha value is -4.14. The molecule has 1 saturated heterocycles. The Kier molecular flexibility index (Phi) is 7.85. The summed E-state index contributed by atoms with van der Waals surface area (Å²) in [6.07, 6.45) is 1.26. The van der Waals surface area contributed by atoms with E-state index in [1.54, 1.807) is 31.2 Å². The number of benzene rings is 3. The molecule has 0 atom stereocenters. The number of nitrogens with zero attached hydrogens (tertiary/aromatic N) is 1. The van der Waals surface area contributed by atoms with Gasteiger partial charge in [-0.3, -0.25) is 19.7 Å². The van der Waals surface area contributed by atoms with Crippen LogP contribution in [0.4, 0.5) is 16.2 Å². The lowest BCUT2D eigenvalue weighted by Crippen LogP contribution is -2.54. The summed E-state index contributed by atoms with van der Waals surface area (Å²) in [7, 11) is 0. The third-order valence-corrected chi connectivity index (χ3v) is 6.67. The Balaban J connectivity index is 1.59. The van der Waals surface area contributed by atoms with Crippen LogP contribution in [0.2, 0.25) is 10.0 Å². The van der Waals surface area contributed by atoms with Gasteiger partial charge in [-0.1, -0.05) is 41.4 Å². The lowest BCUT2D eigenvalue weighted by molar-refractivity contribution is -0.122. The number of ether oxygens (including phenoxy) is 1. The Morgan fingerprint density at radius 3 is 2.50 bits per heavy atom. The SMILES string of the molecule is Cc1ccc(N2C(=O)NC(=O)/C(=C\c3cc(Cl)ccc3OCC(=O)Nc3cccc(C)c3C)C2=O)cc1Cl. The maximum atomic E-state index is 13.3. The quantitative estimate of drug-likeness (QED) is 0.306. The topological polar surface area (TPSA) is 105 Å². The standard InChI is InChI=1S/C28H23Cl2N3O5/c1-15-5-4-6-23(17(15)3)31-25(34)14-38-24-10-8-19(29)11-18(24)12-21-26(35)32-28(37)33(27(21)36)20-9-7-16(2)22(30)13-20/h4-13H,14H2,1-3H3,(H,31,34)(H,32,35,37)/b21-12+. The van der Waals surface area contributed by atoms with Gasteiger partial charge in [-0.2, -0.15) is 0 Å². The molecule has 1 heterocycles. The van der Waals surface area contributed by atoms with Crippen LogP contribution in [0.15, 0.2) is 60.2 Å². The molecule has 3 aromatic carbocycles. The minimum atomic E-state index is -0.900. The van der Waals surface area contributed by atoms with Gasteiger partial charge in [-0.25, -0.2) is 9.69 Å². The van der Waals surface area contributed by atoms with E-state index in [0.29, 0.717) is 15.7 Å². The third kappa shape index (κ3) is 5.72. The number of hydrogen-bond donors (Lipinski definition) is 2. The van der Waals surface area contributed by atoms with Crippen LogP contribution in [0.25, 0.3) is 6.08 Å². The number of carbonyl (C=O) groups is 4. The first kappa shape index (κ1) is 26.9. The summed E-state index contributed by atoms with van der Waals surface area (Å²) >= 11 is 12.3. The molecule has 8 nitrogen and oxygen atoms in total. The molecule has 0 spiro atoms. The molecule has 4 rings (SSSR count). The first-order chi connectivity index (χ1) is 18.0. The Bertz CT molecular complexity index is 1520. The molecule has 0 radical (unpaired) electrons. The van der Waals surface area contributed by atoms with E-state index in [1.165, 1.54) is 24.3 Å². The number of imide groups is 2. The van der Waals surface area contributed by atoms with E-state index in [9.17, 15) is 19.2 Å². The summed E-state index contributed by atoms with van der Waals surface area (Å²) in [6.45, 7) is 5.29. The summed E-state index contributed by atoms with van der Waals surface area (Å²) in [4.78, 5) is 51.8. The molecule has 0 aromatic heterocycles. The van der Waals surface area contributed by atoms with Crippen molar-refractivity contribution in [2.45, 2.75) is 20.8 Å². The van der Waals surface area contributed by atoms with Gasteiger partial charge in [-0.15, -0.1) is 0 Å². The fourth-order valence-electron chi connectivity index (χ4n) is 3.75. The predicted molar refractivity (Wildman–Crippen MR) is 147 cm³/mol. The summed E-state index contributed by atoms with van der Waals surface area (Å²) in [5, 5.41) is 5.64. The second kappa shape index (κ2) is 11.1. The molecule has 0 unspecified atom stereocenters. The van der Waals surface area contributed by atoms with E-state index in [0.717, 1.165) is 21.6 Å². The second-order valence-corrected chi connectivity index (χ2v) is 9.50. The van der Waals surface area contributed by atoms with Crippen molar-refractivity contribution in [1.29, 1.82) is 0 Å². The summed E-state index contributed by atoms with van der Waals surface area (Å²) in [5.41, 5.74) is 3.55. The molecule has 5 amide bonds. The van der Waals surface area contributed by atoms with Crippen molar-refractivity contribution in [1.82, 2.24) is 5.32 Å². The molecular weight excluding hydrogens is 529 g/mol. The van der Waals surface area contributed by atoms with Gasteiger partial charge in [0.1, 0.15) is 11.3 Å². The molecule has 1 aliphatic heterocycles. The van der Waals surface area contributed by atoms with E-state index in [-0.39, 0.29) is 29.2 Å². The fourth-order valence-corrected chi connectivity index (χ4v) is 4.10. The molecule has 2 N–H and O–H groups in total. The van der Waals surface area contributed by atoms with Gasteiger partial charge >= 0.3 is 6.03 Å². The predicted octanol–water partition coefficient (Wildman–Crippen LogP) is 5.60. The average Bonchev–Trinajstić information content (AvgIpc) is 2.86. The van der Waals surface area contributed by atoms with Gasteiger partial charge in [0.2, 0.25) is 0 Å². The van der Waals surface area contributed by atoms with Crippen molar-refractivity contribution in [3.05, 3.63) is 92.5 Å². The van der Waals surface area contributed by atoms with Crippen molar-refractivity contribution in [2.24, 2.45) is 0 Å². The zero-order chi connectivity index (χ0) is 27.6. The summed E-state index contributed by atoms with van der Waals surface area (Å²) in [5.74, 6) is -1.92. The maximum Gasteiger partial charge on any atom is 0.335 e. The van der Waals surface area contributed by atoms with Crippen molar-refractivity contribution < 1.29 is 23.9 Å². The highest BCUT2D eigenvalue weighted by Crippen LogP contribution is 2.29. The molecule has 10 heteroatoms. The highest BCUT2D eigenvalue weighted by Gasteiger charge is 2.37. The van der Waals surface area contributed by atoms with Crippen molar-refractivity contribution in [3.63, 3.8) is 0 Å². The number of barbiturate groups is 1. The van der Waals surface area contributed by atoms with E-state index in [1.807, 2.05) is 26.0 Å². The zero-order valence-electron chi connectivity index (χ0n) is 20.7. The molecule has 0 aliphatic carbocycles. The molecule has 0 saturated carbocycles. The largest absolute Gasteiger partial charge is 0.483 e. The monoisotopic (exact) mass is 551 g/mol. The van der Waals surface area contributed by atoms with Crippen molar-refractivity contribution in [2.75, 3.05) is 16.8 Å². The zero-order valence-corrected chi connectivity index (χ0v) is 22.2. The van der Waals surface area contributed by atoms with E-state index >= 15 is 0 Å². The van der Waals surface area contributed by atoms with Gasteiger partial charge in [0.15, 0.2) is 6.61 Å². The molecular formula is C28H23Cl2N3O5. The van der Waals surface area contributed by atoms with Crippen LogP contribution in [-0.2, 0) is 14.4 Å². The van der Waals surface area contributed by atoms with Crippen LogP contribution in [0.1, 0.15) is 22.3 Å². The highest BCUT2D eigenvalue weighted by molar-refractivity contribution is 6.39. The molecule has 1 aliphatic rings. The molecule has 194 valence electrons. The van der Waals surface area contributed by atoms with Crippen LogP contribution >= 0.6 is 23.2 Å². The van der Waals surface area contributed by atoms with E-state index in [4.69, 9.17) is 27.9 Å². The fraction of sp³-hybridized carbons (Fsp3) is 0.143. The number of nitrogens with one attached hydrogen (secondary N) is 2. The van der Waals surface area contributed by atoms with Gasteiger partial charge in [0.05, 0.1) is 5.69 Å². The molecule has 38 heavy (non-hydrogen) atoms. The lowest BCUT2D eigenvalue weighted by atomic mass is 10.1. The van der Waals surface area contributed by atoms with Gasteiger partial charge in [0.25, 0.3) is 17.7 Å². The Morgan fingerprint density at radius 2 is 1.76 bits per heavy atom. The number of hydrogen-bond acceptors (Lipinski definition) is 5. The first-order valence-electron chi connectivity index (χ1n) is 11.5. The van der Waals surface area contributed by atoms with E-state index < -0.39 is 23.8 Å². The minimum absolute atomic E-state index is 0.201. The smallest absolute Gasteiger partial charge is 0.335 e. The molecule has 1 fully saturated rings. The first-order valence-corrected chi connectivity index (χ1v) is 12.3. The Morgan fingerprint density at radius 1 is 1.00 bits per heavy atom. The van der Waals surface area contributed by atoms with E-state index in [2.05, 4.69) is 10.6 Å². The number of aryl methyl sites for hydroxylation is 2. The average molecular weight is 552 g/mol. The third-order valence-electron chi connectivity index (χ3n) is 6.02. The number of urea groups is 1. The Labute approximate surface area is 229 Å². The van der Waals surface area contributed by atoms with Crippen molar-refractivity contribution >= 4 is 64.4 Å². The molecule has 0 bridgehead atoms. The maximum absolute atomic E-state index is 13.3. The number of halogens is 2. The van der Waals surface area contributed by atoms with Crippen LogP contribution in [0, 0.1) is 20.8 Å². The number of carbonyl (C=O) groups excluding carboxylic acids is 4. The van der Waals surface area contributed by atoms with Crippen LogP contribution in [0.3, 0.4) is 0 Å². The van der Waals surface area contributed by atoms with Gasteiger partial charge in [0, 0.05) is 21.3 Å². The lowest BCUT2D eigenvalue weighted by Gasteiger charge is -2.26. The van der Waals surface area contributed by atoms with Gasteiger partial charge < -0.3 is 10.1 Å². The normalized spacial score (nSPS) is 14.5. The van der Waals surface area contributed by atoms with Gasteiger partial charge in [-0.05, 0) is 79.9 Å². The second-order valence-electron chi connectivity index (χ2n) is 8.66. The highest BCUT2D eigenvalue weighted by atomic mass is 35.5. The number of rotatable bonds is 6. The number of anilines is 2. The summed E-state index contributed by atoms with van der Waals surface area (Å²) in [6, 6.07) is 13.9. The van der Waals surface area contributed by atoms with Crippen LogP contribution < -0.4 is 20.3 Å². The van der Waals surface area contributed by atoms with Crippen LogP contribution in [0.5, 0.6) is 5.75 Å². The van der Waals surface area contributed by atoms with Crippen molar-refractivity contribution in [3.8, 4) is 5.75 Å². The summed E-state index contributed by atoms with van der Waals surface area (Å²) < 4.78 is 5.71. The number of amides is 5. The molecule has 3 aromatic rings. The van der Waals surface area contributed by atoms with Crippen LogP contribution in [-0.4, -0.2) is 30.4 Å². The minimum Gasteiger partial charge on any atom is -0.483 e.